The van der Waals surface area contributed by atoms with Crippen molar-refractivity contribution in [1.29, 1.82) is 0 Å². The first-order valence-corrected chi connectivity index (χ1v) is 8.20. The molecule has 0 radical (unpaired) electrons. The number of benzene rings is 2. The minimum Gasteiger partial charge on any atom is -0.313 e. The van der Waals surface area contributed by atoms with E-state index in [4.69, 9.17) is 11.6 Å². The second-order valence-corrected chi connectivity index (χ2v) is 5.79. The number of hydrogen-bond donors (Lipinski definition) is 1. The number of unbranched alkanes of at least 4 members (excludes halogenated alkanes) is 1. The summed E-state index contributed by atoms with van der Waals surface area (Å²) in [6.45, 7) is 6.11. The molecule has 0 fully saturated rings. The highest BCUT2D eigenvalue weighted by molar-refractivity contribution is 6.31. The van der Waals surface area contributed by atoms with Crippen molar-refractivity contribution in [2.75, 3.05) is 6.54 Å². The van der Waals surface area contributed by atoms with E-state index in [1.165, 1.54) is 36.0 Å². The van der Waals surface area contributed by atoms with Crippen molar-refractivity contribution < 1.29 is 0 Å². The summed E-state index contributed by atoms with van der Waals surface area (Å²) in [4.78, 5) is 0. The molecule has 2 rings (SSSR count). The fourth-order valence-corrected chi connectivity index (χ4v) is 2.62. The second kappa shape index (κ2) is 8.21. The summed E-state index contributed by atoms with van der Waals surface area (Å²) in [6.07, 6.45) is 3.66. The Morgan fingerprint density at radius 3 is 2.29 bits per heavy atom. The molecule has 0 aliphatic heterocycles. The third-order valence-electron chi connectivity index (χ3n) is 3.72. The highest BCUT2D eigenvalue weighted by Crippen LogP contribution is 2.26. The third-order valence-corrected chi connectivity index (χ3v) is 4.08. The van der Waals surface area contributed by atoms with Crippen LogP contribution in [-0.2, 0) is 13.0 Å². The van der Waals surface area contributed by atoms with Gasteiger partial charge in [0, 0.05) is 11.6 Å². The fourth-order valence-electron chi connectivity index (χ4n) is 2.37. The molecule has 0 aliphatic rings. The molecule has 0 aromatic heterocycles. The molecule has 2 heteroatoms. The van der Waals surface area contributed by atoms with Crippen LogP contribution in [0.25, 0.3) is 11.1 Å². The van der Waals surface area contributed by atoms with E-state index in [0.29, 0.717) is 0 Å². The highest BCUT2D eigenvalue weighted by atomic mass is 35.5. The first-order chi connectivity index (χ1) is 10.2. The zero-order valence-corrected chi connectivity index (χ0v) is 13.7. The van der Waals surface area contributed by atoms with Gasteiger partial charge in [-0.1, -0.05) is 68.3 Å². The highest BCUT2D eigenvalue weighted by Gasteiger charge is 2.04. The van der Waals surface area contributed by atoms with Crippen LogP contribution in [0.3, 0.4) is 0 Å². The predicted molar refractivity (Wildman–Crippen MR) is 92.9 cm³/mol. The molecule has 112 valence electrons. The largest absolute Gasteiger partial charge is 0.313 e. The Hall–Kier alpha value is -1.31. The maximum atomic E-state index is 6.37. The van der Waals surface area contributed by atoms with E-state index in [9.17, 15) is 0 Å². The second-order valence-electron chi connectivity index (χ2n) is 5.39. The van der Waals surface area contributed by atoms with Crippen LogP contribution >= 0.6 is 11.6 Å². The van der Waals surface area contributed by atoms with Crippen LogP contribution in [0.4, 0.5) is 0 Å². The fraction of sp³-hybridized carbons (Fsp3) is 0.368. The van der Waals surface area contributed by atoms with Gasteiger partial charge in [-0.15, -0.1) is 0 Å². The first kappa shape index (κ1) is 16.1. The zero-order valence-electron chi connectivity index (χ0n) is 13.0. The van der Waals surface area contributed by atoms with Crippen LogP contribution in [0.1, 0.15) is 37.8 Å². The van der Waals surface area contributed by atoms with Crippen LogP contribution in [0.2, 0.25) is 5.02 Å². The minimum absolute atomic E-state index is 0.825. The summed E-state index contributed by atoms with van der Waals surface area (Å²) in [5.74, 6) is 0. The Labute approximate surface area is 133 Å². The topological polar surface area (TPSA) is 12.0 Å². The monoisotopic (exact) mass is 301 g/mol. The molecule has 0 saturated heterocycles. The van der Waals surface area contributed by atoms with Crippen LogP contribution < -0.4 is 5.32 Å². The average molecular weight is 302 g/mol. The third kappa shape index (κ3) is 4.59. The SMILES string of the molecule is CCCCc1ccc(-c2ccc(CNCC)c(Cl)c2)cc1. The Morgan fingerprint density at radius 1 is 0.952 bits per heavy atom. The molecule has 21 heavy (non-hydrogen) atoms. The molecule has 0 unspecified atom stereocenters. The van der Waals surface area contributed by atoms with E-state index >= 15 is 0 Å². The Morgan fingerprint density at radius 2 is 1.67 bits per heavy atom. The normalized spacial score (nSPS) is 10.8. The Balaban J connectivity index is 2.12. The van der Waals surface area contributed by atoms with Crippen LogP contribution in [0.5, 0.6) is 0 Å². The van der Waals surface area contributed by atoms with Crippen molar-refractivity contribution in [2.24, 2.45) is 0 Å². The molecule has 0 heterocycles. The van der Waals surface area contributed by atoms with Crippen molar-refractivity contribution in [3.05, 3.63) is 58.6 Å². The van der Waals surface area contributed by atoms with Gasteiger partial charge in [0.2, 0.25) is 0 Å². The van der Waals surface area contributed by atoms with E-state index in [2.05, 4.69) is 61.6 Å². The molecule has 0 amide bonds. The molecule has 2 aromatic rings. The summed E-state index contributed by atoms with van der Waals surface area (Å²) in [7, 11) is 0. The lowest BCUT2D eigenvalue weighted by molar-refractivity contribution is 0.727. The lowest BCUT2D eigenvalue weighted by atomic mass is 10.0. The summed E-state index contributed by atoms with van der Waals surface area (Å²) < 4.78 is 0. The van der Waals surface area contributed by atoms with Crippen molar-refractivity contribution in [2.45, 2.75) is 39.7 Å². The number of halogens is 1. The predicted octanol–water partition coefficient (Wildman–Crippen LogP) is 5.46. The van der Waals surface area contributed by atoms with Gasteiger partial charge in [-0.05, 0) is 47.7 Å². The molecule has 2 aromatic carbocycles. The molecule has 0 aliphatic carbocycles. The van der Waals surface area contributed by atoms with Gasteiger partial charge in [0.1, 0.15) is 0 Å². The number of nitrogens with one attached hydrogen (secondary N) is 1. The molecule has 1 N–H and O–H groups in total. The van der Waals surface area contributed by atoms with Gasteiger partial charge in [-0.3, -0.25) is 0 Å². The summed E-state index contributed by atoms with van der Waals surface area (Å²) in [6, 6.07) is 15.2. The van der Waals surface area contributed by atoms with E-state index in [1.54, 1.807) is 0 Å². The van der Waals surface area contributed by atoms with Crippen molar-refractivity contribution in [3.63, 3.8) is 0 Å². The number of rotatable bonds is 7. The van der Waals surface area contributed by atoms with Crippen molar-refractivity contribution >= 4 is 11.6 Å². The van der Waals surface area contributed by atoms with Crippen LogP contribution in [0.15, 0.2) is 42.5 Å². The minimum atomic E-state index is 0.825. The zero-order chi connectivity index (χ0) is 15.1. The smallest absolute Gasteiger partial charge is 0.0457 e. The summed E-state index contributed by atoms with van der Waals surface area (Å²) in [5, 5.41) is 4.14. The summed E-state index contributed by atoms with van der Waals surface area (Å²) in [5.41, 5.74) is 4.98. The first-order valence-electron chi connectivity index (χ1n) is 7.83. The maximum Gasteiger partial charge on any atom is 0.0457 e. The van der Waals surface area contributed by atoms with E-state index in [-0.39, 0.29) is 0 Å². The van der Waals surface area contributed by atoms with Gasteiger partial charge in [0.25, 0.3) is 0 Å². The lowest BCUT2D eigenvalue weighted by Gasteiger charge is -2.09. The Bertz CT molecular complexity index is 560. The Kier molecular flexibility index (Phi) is 6.28. The van der Waals surface area contributed by atoms with Gasteiger partial charge < -0.3 is 5.32 Å². The average Bonchev–Trinajstić information content (AvgIpc) is 2.52. The van der Waals surface area contributed by atoms with E-state index < -0.39 is 0 Å². The van der Waals surface area contributed by atoms with Gasteiger partial charge in [0.05, 0.1) is 0 Å². The van der Waals surface area contributed by atoms with Gasteiger partial charge >= 0.3 is 0 Å². The molecule has 0 atom stereocenters. The molecule has 0 bridgehead atoms. The van der Waals surface area contributed by atoms with Gasteiger partial charge in [0.15, 0.2) is 0 Å². The van der Waals surface area contributed by atoms with Crippen LogP contribution in [0, 0.1) is 0 Å². The van der Waals surface area contributed by atoms with Gasteiger partial charge in [-0.2, -0.15) is 0 Å². The van der Waals surface area contributed by atoms with Crippen molar-refractivity contribution in [3.8, 4) is 11.1 Å². The van der Waals surface area contributed by atoms with Crippen LogP contribution in [-0.4, -0.2) is 6.54 Å². The molecular formula is C19H24ClN. The van der Waals surface area contributed by atoms with E-state index in [0.717, 1.165) is 23.7 Å². The van der Waals surface area contributed by atoms with E-state index in [1.807, 2.05) is 0 Å². The molecule has 1 nitrogen and oxygen atoms in total. The molecule has 0 saturated carbocycles. The lowest BCUT2D eigenvalue weighted by Crippen LogP contribution is -2.11. The quantitative estimate of drug-likeness (QED) is 0.716. The number of aryl methyl sites for hydroxylation is 1. The molecular weight excluding hydrogens is 278 g/mol. The number of hydrogen-bond acceptors (Lipinski definition) is 1. The van der Waals surface area contributed by atoms with Crippen molar-refractivity contribution in [1.82, 2.24) is 5.32 Å². The summed E-state index contributed by atoms with van der Waals surface area (Å²) >= 11 is 6.37. The maximum absolute atomic E-state index is 6.37. The standard InChI is InChI=1S/C19H24ClN/c1-3-5-6-15-7-9-16(10-8-15)17-11-12-18(14-21-4-2)19(20)13-17/h7-13,21H,3-6,14H2,1-2H3. The van der Waals surface area contributed by atoms with Gasteiger partial charge in [-0.25, -0.2) is 0 Å². The molecule has 0 spiro atoms.